The highest BCUT2D eigenvalue weighted by atomic mass is 16.6. The van der Waals surface area contributed by atoms with E-state index < -0.39 is 0 Å². The molecule has 0 N–H and O–H groups in total. The Balaban J connectivity index is 0.000000280. The Morgan fingerprint density at radius 2 is 1.67 bits per heavy atom. The van der Waals surface area contributed by atoms with E-state index in [4.69, 9.17) is 14.2 Å². The molecule has 0 aromatic heterocycles. The van der Waals surface area contributed by atoms with E-state index >= 15 is 0 Å². The number of hydrogen-bond donors (Lipinski definition) is 0. The third kappa shape index (κ3) is 13.4. The van der Waals surface area contributed by atoms with Crippen molar-refractivity contribution in [3.05, 3.63) is 0 Å². The number of rotatable bonds is 4. The van der Waals surface area contributed by atoms with E-state index in [1.54, 1.807) is 0 Å². The first-order chi connectivity index (χ1) is 7.27. The lowest BCUT2D eigenvalue weighted by molar-refractivity contribution is -0.141. The molecule has 15 heavy (non-hydrogen) atoms. The summed E-state index contributed by atoms with van der Waals surface area (Å²) in [5, 5.41) is 0. The van der Waals surface area contributed by atoms with Gasteiger partial charge in [0, 0.05) is 6.92 Å². The predicted molar refractivity (Wildman–Crippen MR) is 57.8 cm³/mol. The molecule has 4 heteroatoms. The fourth-order valence-electron chi connectivity index (χ4n) is 1.01. The van der Waals surface area contributed by atoms with Gasteiger partial charge in [0.15, 0.2) is 0 Å². The fourth-order valence-corrected chi connectivity index (χ4v) is 1.01. The number of unbranched alkanes of at least 4 members (excludes halogenated alkanes) is 2. The molecule has 1 heterocycles. The second kappa shape index (κ2) is 11.5. The molecule has 0 aliphatic carbocycles. The Hall–Kier alpha value is -0.610. The molecule has 0 spiro atoms. The Labute approximate surface area is 91.9 Å². The van der Waals surface area contributed by atoms with Gasteiger partial charge in [0.05, 0.1) is 33.0 Å². The fraction of sp³-hybridized carbons (Fsp3) is 0.909. The zero-order chi connectivity index (χ0) is 11.4. The normalized spacial score (nSPS) is 15.1. The van der Waals surface area contributed by atoms with Crippen molar-refractivity contribution in [1.82, 2.24) is 0 Å². The molecule has 1 rings (SSSR count). The maximum Gasteiger partial charge on any atom is 0.302 e. The van der Waals surface area contributed by atoms with E-state index in [2.05, 4.69) is 6.92 Å². The van der Waals surface area contributed by atoms with Crippen LogP contribution in [0.1, 0.15) is 33.1 Å². The quantitative estimate of drug-likeness (QED) is 0.533. The van der Waals surface area contributed by atoms with Crippen LogP contribution in [0.5, 0.6) is 0 Å². The maximum atomic E-state index is 10.2. The monoisotopic (exact) mass is 218 g/mol. The average molecular weight is 218 g/mol. The standard InChI is InChI=1S/C7H14O2.C4H8O2/c1-3-4-5-6-9-7(2)8;1-2-6-4-3-5-1/h3-6H2,1-2H3;1-4H2. The minimum absolute atomic E-state index is 0.175. The van der Waals surface area contributed by atoms with Gasteiger partial charge in [-0.05, 0) is 6.42 Å². The molecule has 1 fully saturated rings. The van der Waals surface area contributed by atoms with Crippen molar-refractivity contribution in [3.8, 4) is 0 Å². The zero-order valence-electron chi connectivity index (χ0n) is 9.79. The summed E-state index contributed by atoms with van der Waals surface area (Å²) in [6.45, 7) is 7.25. The van der Waals surface area contributed by atoms with E-state index in [1.165, 1.54) is 13.3 Å². The van der Waals surface area contributed by atoms with E-state index in [0.29, 0.717) is 6.61 Å². The Kier molecular flexibility index (Phi) is 11.0. The summed E-state index contributed by atoms with van der Waals surface area (Å²) in [6.07, 6.45) is 3.31. The molecule has 0 unspecified atom stereocenters. The summed E-state index contributed by atoms with van der Waals surface area (Å²) in [4.78, 5) is 10.2. The largest absolute Gasteiger partial charge is 0.466 e. The van der Waals surface area contributed by atoms with Crippen LogP contribution in [0.4, 0.5) is 0 Å². The highest BCUT2D eigenvalue weighted by molar-refractivity contribution is 5.65. The molecule has 0 atom stereocenters. The molecule has 0 aromatic rings. The van der Waals surface area contributed by atoms with E-state index in [9.17, 15) is 4.79 Å². The van der Waals surface area contributed by atoms with E-state index in [1.807, 2.05) is 0 Å². The molecule has 4 nitrogen and oxygen atoms in total. The summed E-state index contributed by atoms with van der Waals surface area (Å²) in [7, 11) is 0. The summed E-state index contributed by atoms with van der Waals surface area (Å²) >= 11 is 0. The van der Waals surface area contributed by atoms with Gasteiger partial charge in [-0.1, -0.05) is 19.8 Å². The van der Waals surface area contributed by atoms with Crippen LogP contribution < -0.4 is 0 Å². The zero-order valence-corrected chi connectivity index (χ0v) is 9.79. The number of ether oxygens (including phenoxy) is 3. The molecule has 0 radical (unpaired) electrons. The van der Waals surface area contributed by atoms with Crippen molar-refractivity contribution in [3.63, 3.8) is 0 Å². The molecule has 90 valence electrons. The summed E-state index contributed by atoms with van der Waals surface area (Å²) < 4.78 is 14.6. The molecule has 1 saturated heterocycles. The smallest absolute Gasteiger partial charge is 0.302 e. The van der Waals surface area contributed by atoms with Gasteiger partial charge in [0.1, 0.15) is 0 Å². The Morgan fingerprint density at radius 1 is 1.13 bits per heavy atom. The van der Waals surface area contributed by atoms with E-state index in [0.717, 1.165) is 39.3 Å². The third-order valence-electron chi connectivity index (χ3n) is 1.80. The average Bonchev–Trinajstić information content (AvgIpc) is 2.28. The van der Waals surface area contributed by atoms with Gasteiger partial charge in [-0.15, -0.1) is 0 Å². The number of carbonyl (C=O) groups is 1. The molecule has 1 aliphatic heterocycles. The van der Waals surface area contributed by atoms with Gasteiger partial charge in [-0.3, -0.25) is 4.79 Å². The highest BCUT2D eigenvalue weighted by Crippen LogP contribution is 1.93. The minimum atomic E-state index is -0.175. The van der Waals surface area contributed by atoms with Gasteiger partial charge in [-0.2, -0.15) is 0 Å². The summed E-state index contributed by atoms with van der Waals surface area (Å²) in [5.74, 6) is -0.175. The number of esters is 1. The van der Waals surface area contributed by atoms with Gasteiger partial charge in [-0.25, -0.2) is 0 Å². The lowest BCUT2D eigenvalue weighted by Gasteiger charge is -2.09. The van der Waals surface area contributed by atoms with Crippen molar-refractivity contribution in [2.75, 3.05) is 33.0 Å². The lowest BCUT2D eigenvalue weighted by atomic mass is 10.3. The molecule has 0 aromatic carbocycles. The molecule has 1 aliphatic rings. The van der Waals surface area contributed by atoms with Crippen molar-refractivity contribution in [2.24, 2.45) is 0 Å². The Bertz CT molecular complexity index is 132. The minimum Gasteiger partial charge on any atom is -0.466 e. The first-order valence-electron chi connectivity index (χ1n) is 5.56. The first kappa shape index (κ1) is 14.4. The van der Waals surface area contributed by atoms with Gasteiger partial charge in [0.25, 0.3) is 0 Å². The number of carbonyl (C=O) groups excluding carboxylic acids is 1. The second-order valence-corrected chi connectivity index (χ2v) is 3.27. The van der Waals surface area contributed by atoms with Crippen LogP contribution in [-0.4, -0.2) is 39.0 Å². The number of hydrogen-bond acceptors (Lipinski definition) is 4. The van der Waals surface area contributed by atoms with E-state index in [-0.39, 0.29) is 5.97 Å². The molecular weight excluding hydrogens is 196 g/mol. The molecule has 0 amide bonds. The van der Waals surface area contributed by atoms with Crippen LogP contribution in [0.25, 0.3) is 0 Å². The van der Waals surface area contributed by atoms with Gasteiger partial charge in [0.2, 0.25) is 0 Å². The van der Waals surface area contributed by atoms with Crippen LogP contribution >= 0.6 is 0 Å². The topological polar surface area (TPSA) is 44.8 Å². The summed E-state index contributed by atoms with van der Waals surface area (Å²) in [6, 6.07) is 0. The second-order valence-electron chi connectivity index (χ2n) is 3.27. The van der Waals surface area contributed by atoms with Crippen LogP contribution in [0.2, 0.25) is 0 Å². The first-order valence-corrected chi connectivity index (χ1v) is 5.56. The van der Waals surface area contributed by atoms with Crippen LogP contribution in [-0.2, 0) is 19.0 Å². The molecular formula is C11H22O4. The van der Waals surface area contributed by atoms with Crippen molar-refractivity contribution in [1.29, 1.82) is 0 Å². The van der Waals surface area contributed by atoms with Crippen LogP contribution in [0.3, 0.4) is 0 Å². The molecule has 0 saturated carbocycles. The van der Waals surface area contributed by atoms with Gasteiger partial charge >= 0.3 is 5.97 Å². The van der Waals surface area contributed by atoms with Crippen molar-refractivity contribution in [2.45, 2.75) is 33.1 Å². The van der Waals surface area contributed by atoms with Gasteiger partial charge < -0.3 is 14.2 Å². The maximum absolute atomic E-state index is 10.2. The highest BCUT2D eigenvalue weighted by Gasteiger charge is 1.94. The Morgan fingerprint density at radius 3 is 2.00 bits per heavy atom. The summed E-state index contributed by atoms with van der Waals surface area (Å²) in [5.41, 5.74) is 0. The van der Waals surface area contributed by atoms with Crippen molar-refractivity contribution >= 4 is 5.97 Å². The van der Waals surface area contributed by atoms with Crippen LogP contribution in [0, 0.1) is 0 Å². The molecule has 0 bridgehead atoms. The SMILES string of the molecule is C1COCCO1.CCCCCOC(C)=O. The third-order valence-corrected chi connectivity index (χ3v) is 1.80. The van der Waals surface area contributed by atoms with Crippen LogP contribution in [0.15, 0.2) is 0 Å². The lowest BCUT2D eigenvalue weighted by Crippen LogP contribution is -2.16. The predicted octanol–water partition coefficient (Wildman–Crippen LogP) is 1.77. The van der Waals surface area contributed by atoms with Crippen molar-refractivity contribution < 1.29 is 19.0 Å².